The fourth-order valence-corrected chi connectivity index (χ4v) is 3.27. The summed E-state index contributed by atoms with van der Waals surface area (Å²) >= 11 is 1.72. The maximum atomic E-state index is 5.88. The van der Waals surface area contributed by atoms with Crippen LogP contribution in [0.5, 0.6) is 0 Å². The molecule has 0 bridgehead atoms. The van der Waals surface area contributed by atoms with E-state index in [1.807, 2.05) is 6.92 Å². The minimum atomic E-state index is 0.192. The summed E-state index contributed by atoms with van der Waals surface area (Å²) in [5, 5.41) is 6.78. The van der Waals surface area contributed by atoms with Crippen LogP contribution < -0.4 is 5.32 Å². The van der Waals surface area contributed by atoms with Gasteiger partial charge in [0.2, 0.25) is 0 Å². The Morgan fingerprint density at radius 3 is 3.15 bits per heavy atom. The van der Waals surface area contributed by atoms with E-state index in [0.717, 1.165) is 37.5 Å². The lowest BCUT2D eigenvalue weighted by atomic mass is 9.97. The van der Waals surface area contributed by atoms with Gasteiger partial charge in [0.1, 0.15) is 0 Å². The summed E-state index contributed by atoms with van der Waals surface area (Å²) in [6.07, 6.45) is 2.21. The van der Waals surface area contributed by atoms with E-state index in [1.165, 1.54) is 16.8 Å². The fraction of sp³-hybridized carbons (Fsp3) is 0.438. The van der Waals surface area contributed by atoms with Crippen LogP contribution in [0, 0.1) is 6.92 Å². The smallest absolute Gasteiger partial charge is 0.0952 e. The van der Waals surface area contributed by atoms with Gasteiger partial charge < -0.3 is 10.1 Å². The number of ether oxygens (including phenoxy) is 1. The first kappa shape index (κ1) is 13.7. The molecule has 1 aromatic heterocycles. The van der Waals surface area contributed by atoms with Crippen molar-refractivity contribution in [1.29, 1.82) is 0 Å². The normalized spacial score (nSPS) is 17.9. The number of thiazole rings is 1. The minimum absolute atomic E-state index is 0.192. The van der Waals surface area contributed by atoms with Gasteiger partial charge in [-0.25, -0.2) is 4.98 Å². The lowest BCUT2D eigenvalue weighted by molar-refractivity contribution is 0.0427. The number of hydrogen-bond acceptors (Lipinski definition) is 4. The van der Waals surface area contributed by atoms with Crippen LogP contribution in [0.4, 0.5) is 0 Å². The first-order valence-electron chi connectivity index (χ1n) is 7.14. The van der Waals surface area contributed by atoms with Crippen molar-refractivity contribution in [2.24, 2.45) is 0 Å². The number of fused-ring (bicyclic) bond motifs is 1. The summed E-state index contributed by atoms with van der Waals surface area (Å²) in [5.74, 6) is 0. The van der Waals surface area contributed by atoms with E-state index in [9.17, 15) is 0 Å². The number of benzene rings is 1. The Hall–Kier alpha value is -1.23. The van der Waals surface area contributed by atoms with Crippen LogP contribution in [0.2, 0.25) is 0 Å². The van der Waals surface area contributed by atoms with Crippen LogP contribution >= 0.6 is 11.3 Å². The van der Waals surface area contributed by atoms with Crippen molar-refractivity contribution >= 4 is 11.3 Å². The molecule has 0 radical (unpaired) electrons. The van der Waals surface area contributed by atoms with Crippen LogP contribution in [-0.2, 0) is 17.6 Å². The summed E-state index contributed by atoms with van der Waals surface area (Å²) in [6, 6.07) is 8.60. The van der Waals surface area contributed by atoms with Crippen molar-refractivity contribution in [3.8, 4) is 0 Å². The zero-order chi connectivity index (χ0) is 13.8. The van der Waals surface area contributed by atoms with E-state index in [-0.39, 0.29) is 6.10 Å². The largest absolute Gasteiger partial charge is 0.372 e. The first-order valence-corrected chi connectivity index (χ1v) is 8.02. The molecule has 0 amide bonds. The standard InChI is InChI=1S/C16H20N2OS/c1-12-18-14(11-20-12)6-8-17-10-16-15-5-3-2-4-13(15)7-9-19-16/h2-5,11,16-17H,6-10H2,1H3. The number of hydrogen-bond donors (Lipinski definition) is 1. The Bertz CT molecular complexity index is 567. The number of rotatable bonds is 5. The van der Waals surface area contributed by atoms with Crippen molar-refractivity contribution in [2.45, 2.75) is 25.9 Å². The van der Waals surface area contributed by atoms with E-state index in [4.69, 9.17) is 4.74 Å². The van der Waals surface area contributed by atoms with E-state index in [2.05, 4.69) is 39.9 Å². The summed E-state index contributed by atoms with van der Waals surface area (Å²) < 4.78 is 5.88. The van der Waals surface area contributed by atoms with Crippen LogP contribution in [0.15, 0.2) is 29.6 Å². The predicted molar refractivity (Wildman–Crippen MR) is 82.3 cm³/mol. The van der Waals surface area contributed by atoms with Crippen LogP contribution in [0.25, 0.3) is 0 Å². The number of aromatic nitrogens is 1. The van der Waals surface area contributed by atoms with E-state index in [1.54, 1.807) is 11.3 Å². The van der Waals surface area contributed by atoms with Gasteiger partial charge in [-0.2, -0.15) is 0 Å². The first-order chi connectivity index (χ1) is 9.83. The Morgan fingerprint density at radius 1 is 1.40 bits per heavy atom. The van der Waals surface area contributed by atoms with Crippen molar-refractivity contribution in [3.05, 3.63) is 51.5 Å². The van der Waals surface area contributed by atoms with Crippen molar-refractivity contribution in [1.82, 2.24) is 10.3 Å². The predicted octanol–water partition coefficient (Wildman–Crippen LogP) is 2.90. The number of aryl methyl sites for hydroxylation is 1. The minimum Gasteiger partial charge on any atom is -0.372 e. The lowest BCUT2D eigenvalue weighted by Gasteiger charge is -2.26. The Morgan fingerprint density at radius 2 is 2.30 bits per heavy atom. The topological polar surface area (TPSA) is 34.2 Å². The zero-order valence-electron chi connectivity index (χ0n) is 11.8. The van der Waals surface area contributed by atoms with Crippen molar-refractivity contribution in [2.75, 3.05) is 19.7 Å². The summed E-state index contributed by atoms with van der Waals surface area (Å²) in [5.41, 5.74) is 3.96. The molecule has 4 heteroatoms. The second-order valence-corrected chi connectivity index (χ2v) is 6.18. The van der Waals surface area contributed by atoms with Gasteiger partial charge in [0.05, 0.1) is 23.4 Å². The van der Waals surface area contributed by atoms with Gasteiger partial charge in [0, 0.05) is 24.9 Å². The van der Waals surface area contributed by atoms with Gasteiger partial charge in [-0.1, -0.05) is 24.3 Å². The Labute approximate surface area is 124 Å². The molecule has 1 N–H and O–H groups in total. The van der Waals surface area contributed by atoms with Crippen molar-refractivity contribution in [3.63, 3.8) is 0 Å². The van der Waals surface area contributed by atoms with Gasteiger partial charge in [-0.15, -0.1) is 11.3 Å². The van der Waals surface area contributed by atoms with Gasteiger partial charge in [-0.3, -0.25) is 0 Å². The maximum absolute atomic E-state index is 5.88. The molecular weight excluding hydrogens is 268 g/mol. The highest BCUT2D eigenvalue weighted by molar-refractivity contribution is 7.09. The molecule has 0 spiro atoms. The molecule has 1 atom stereocenters. The highest BCUT2D eigenvalue weighted by Gasteiger charge is 2.19. The average Bonchev–Trinajstić information content (AvgIpc) is 2.89. The van der Waals surface area contributed by atoms with Crippen LogP contribution in [-0.4, -0.2) is 24.7 Å². The van der Waals surface area contributed by atoms with Gasteiger partial charge in [-0.05, 0) is 24.5 Å². The highest BCUT2D eigenvalue weighted by atomic mass is 32.1. The number of nitrogens with zero attached hydrogens (tertiary/aromatic N) is 1. The number of nitrogens with one attached hydrogen (secondary N) is 1. The van der Waals surface area contributed by atoms with Gasteiger partial charge >= 0.3 is 0 Å². The van der Waals surface area contributed by atoms with Crippen LogP contribution in [0.1, 0.15) is 27.9 Å². The quantitative estimate of drug-likeness (QED) is 0.859. The van der Waals surface area contributed by atoms with E-state index < -0.39 is 0 Å². The van der Waals surface area contributed by atoms with E-state index in [0.29, 0.717) is 0 Å². The Kier molecular flexibility index (Phi) is 4.45. The van der Waals surface area contributed by atoms with E-state index >= 15 is 0 Å². The molecule has 2 heterocycles. The zero-order valence-corrected chi connectivity index (χ0v) is 12.6. The highest BCUT2D eigenvalue weighted by Crippen LogP contribution is 2.26. The van der Waals surface area contributed by atoms with Crippen LogP contribution in [0.3, 0.4) is 0 Å². The molecule has 1 aliphatic rings. The summed E-state index contributed by atoms with van der Waals surface area (Å²) in [4.78, 5) is 4.48. The molecule has 0 fully saturated rings. The molecular formula is C16H20N2OS. The molecule has 1 aromatic carbocycles. The fourth-order valence-electron chi connectivity index (χ4n) is 2.62. The monoisotopic (exact) mass is 288 g/mol. The van der Waals surface area contributed by atoms with Crippen molar-refractivity contribution < 1.29 is 4.74 Å². The molecule has 106 valence electrons. The lowest BCUT2D eigenvalue weighted by Crippen LogP contribution is -2.28. The van der Waals surface area contributed by atoms with Gasteiger partial charge in [0.25, 0.3) is 0 Å². The maximum Gasteiger partial charge on any atom is 0.0952 e. The third-order valence-electron chi connectivity index (χ3n) is 3.65. The van der Waals surface area contributed by atoms with Gasteiger partial charge in [0.15, 0.2) is 0 Å². The second kappa shape index (κ2) is 6.48. The SMILES string of the molecule is Cc1nc(CCNCC2OCCc3ccccc32)cs1. The second-order valence-electron chi connectivity index (χ2n) is 5.12. The molecule has 0 saturated carbocycles. The summed E-state index contributed by atoms with van der Waals surface area (Å²) in [6.45, 7) is 4.70. The molecule has 3 rings (SSSR count). The average molecular weight is 288 g/mol. The third-order valence-corrected chi connectivity index (χ3v) is 4.47. The molecule has 1 unspecified atom stereocenters. The molecule has 3 nitrogen and oxygen atoms in total. The third kappa shape index (κ3) is 3.26. The molecule has 0 saturated heterocycles. The summed E-state index contributed by atoms with van der Waals surface area (Å²) in [7, 11) is 0. The molecule has 1 aliphatic heterocycles. The molecule has 2 aromatic rings. The molecule has 0 aliphatic carbocycles. The Balaban J connectivity index is 1.50. The molecule has 20 heavy (non-hydrogen) atoms.